The summed E-state index contributed by atoms with van der Waals surface area (Å²) < 4.78 is 24.2. The molecule has 7 heteroatoms. The van der Waals surface area contributed by atoms with Gasteiger partial charge < -0.3 is 14.5 Å². The lowest BCUT2D eigenvalue weighted by Gasteiger charge is -2.32. The highest BCUT2D eigenvalue weighted by Gasteiger charge is 2.35. The van der Waals surface area contributed by atoms with Crippen LogP contribution in [-0.4, -0.2) is 25.0 Å². The Bertz CT molecular complexity index is 1040. The molecule has 2 aromatic carbocycles. The fourth-order valence-corrected chi connectivity index (χ4v) is 4.06. The van der Waals surface area contributed by atoms with E-state index in [-0.39, 0.29) is 17.7 Å². The van der Waals surface area contributed by atoms with E-state index in [4.69, 9.17) is 9.15 Å². The van der Waals surface area contributed by atoms with Crippen LogP contribution in [0, 0.1) is 5.82 Å². The first-order valence-corrected chi connectivity index (χ1v) is 10.6. The van der Waals surface area contributed by atoms with E-state index in [9.17, 15) is 14.0 Å². The van der Waals surface area contributed by atoms with Crippen LogP contribution in [0.4, 0.5) is 10.1 Å². The Morgan fingerprint density at radius 2 is 1.75 bits per heavy atom. The number of amides is 2. The van der Waals surface area contributed by atoms with E-state index < -0.39 is 17.8 Å². The average Bonchev–Trinajstić information content (AvgIpc) is 3.52. The summed E-state index contributed by atoms with van der Waals surface area (Å²) in [7, 11) is 1.56. The van der Waals surface area contributed by atoms with Crippen molar-refractivity contribution in [2.45, 2.75) is 37.8 Å². The zero-order valence-corrected chi connectivity index (χ0v) is 17.8. The van der Waals surface area contributed by atoms with Crippen LogP contribution < -0.4 is 15.0 Å². The monoisotopic (exact) mass is 436 g/mol. The molecule has 1 aliphatic carbocycles. The molecule has 1 saturated carbocycles. The third-order valence-electron chi connectivity index (χ3n) is 5.70. The third kappa shape index (κ3) is 4.66. The number of hydrogen-bond donors (Lipinski definition) is 1. The van der Waals surface area contributed by atoms with E-state index in [1.807, 2.05) is 0 Å². The Balaban J connectivity index is 1.79. The fraction of sp³-hybridized carbons (Fsp3) is 0.280. The van der Waals surface area contributed by atoms with Crippen molar-refractivity contribution in [1.29, 1.82) is 0 Å². The molecule has 1 aromatic heterocycles. The molecule has 1 atom stereocenters. The Kier molecular flexibility index (Phi) is 6.54. The molecular weight excluding hydrogens is 411 g/mol. The summed E-state index contributed by atoms with van der Waals surface area (Å²) in [5.41, 5.74) is 0.987. The van der Waals surface area contributed by atoms with Crippen LogP contribution in [0.25, 0.3) is 0 Å². The van der Waals surface area contributed by atoms with Crippen molar-refractivity contribution in [2.75, 3.05) is 12.0 Å². The van der Waals surface area contributed by atoms with Gasteiger partial charge in [0.15, 0.2) is 5.76 Å². The van der Waals surface area contributed by atoms with E-state index in [0.717, 1.165) is 25.7 Å². The van der Waals surface area contributed by atoms with Crippen molar-refractivity contribution < 1.29 is 23.1 Å². The normalized spacial score (nSPS) is 14.7. The summed E-state index contributed by atoms with van der Waals surface area (Å²) in [5, 5.41) is 3.10. The maximum atomic E-state index is 13.6. The van der Waals surface area contributed by atoms with Gasteiger partial charge in [-0.25, -0.2) is 4.39 Å². The number of benzene rings is 2. The van der Waals surface area contributed by atoms with Crippen LogP contribution in [0.1, 0.15) is 47.8 Å². The topological polar surface area (TPSA) is 71.8 Å². The number of anilines is 1. The number of nitrogens with zero attached hydrogens (tertiary/aromatic N) is 1. The fourth-order valence-electron chi connectivity index (χ4n) is 4.06. The number of hydrogen-bond acceptors (Lipinski definition) is 4. The highest BCUT2D eigenvalue weighted by Crippen LogP contribution is 2.32. The molecular formula is C25H25FN2O4. The van der Waals surface area contributed by atoms with Crippen molar-refractivity contribution in [3.63, 3.8) is 0 Å². The van der Waals surface area contributed by atoms with Gasteiger partial charge in [0, 0.05) is 11.7 Å². The zero-order valence-electron chi connectivity index (χ0n) is 17.8. The van der Waals surface area contributed by atoms with Crippen molar-refractivity contribution in [2.24, 2.45) is 0 Å². The smallest absolute Gasteiger partial charge is 0.294 e. The quantitative estimate of drug-likeness (QED) is 0.573. The molecule has 3 aromatic rings. The molecule has 166 valence electrons. The molecule has 0 spiro atoms. The van der Waals surface area contributed by atoms with Gasteiger partial charge >= 0.3 is 0 Å². The van der Waals surface area contributed by atoms with Crippen LogP contribution in [-0.2, 0) is 4.79 Å². The number of methoxy groups -OCH3 is 1. The van der Waals surface area contributed by atoms with Crippen LogP contribution in [0.3, 0.4) is 0 Å². The SMILES string of the molecule is COc1ccc([C@H](C(=O)NC2CCCC2)N(C(=O)c2ccco2)c2ccc(F)cc2)cc1. The van der Waals surface area contributed by atoms with Gasteiger partial charge in [-0.3, -0.25) is 14.5 Å². The number of halogens is 1. The molecule has 0 bridgehead atoms. The number of furan rings is 1. The van der Waals surface area contributed by atoms with Crippen molar-refractivity contribution in [3.05, 3.63) is 84.1 Å². The van der Waals surface area contributed by atoms with Crippen LogP contribution in [0.5, 0.6) is 5.75 Å². The van der Waals surface area contributed by atoms with Gasteiger partial charge in [0.25, 0.3) is 5.91 Å². The van der Waals surface area contributed by atoms with E-state index in [2.05, 4.69) is 5.32 Å². The number of carbonyl (C=O) groups is 2. The maximum Gasteiger partial charge on any atom is 0.294 e. The predicted octanol–water partition coefficient (Wildman–Crippen LogP) is 4.87. The molecule has 0 unspecified atom stereocenters. The molecule has 0 aliphatic heterocycles. The van der Waals surface area contributed by atoms with Gasteiger partial charge in [-0.2, -0.15) is 0 Å². The van der Waals surface area contributed by atoms with Crippen molar-refractivity contribution in [3.8, 4) is 5.75 Å². The maximum absolute atomic E-state index is 13.6. The van der Waals surface area contributed by atoms with Crippen molar-refractivity contribution >= 4 is 17.5 Å². The molecule has 1 heterocycles. The molecule has 6 nitrogen and oxygen atoms in total. The molecule has 32 heavy (non-hydrogen) atoms. The molecule has 1 fully saturated rings. The van der Waals surface area contributed by atoms with Gasteiger partial charge in [-0.1, -0.05) is 25.0 Å². The average molecular weight is 436 g/mol. The molecule has 0 saturated heterocycles. The Hall–Kier alpha value is -3.61. The molecule has 2 amide bonds. The molecule has 4 rings (SSSR count). The largest absolute Gasteiger partial charge is 0.497 e. The van der Waals surface area contributed by atoms with Crippen LogP contribution in [0.2, 0.25) is 0 Å². The lowest BCUT2D eigenvalue weighted by Crippen LogP contribution is -2.46. The second-order valence-electron chi connectivity index (χ2n) is 7.79. The van der Waals surface area contributed by atoms with Crippen molar-refractivity contribution in [1.82, 2.24) is 5.32 Å². The minimum Gasteiger partial charge on any atom is -0.497 e. The lowest BCUT2D eigenvalue weighted by atomic mass is 10.0. The highest BCUT2D eigenvalue weighted by atomic mass is 19.1. The summed E-state index contributed by atoms with van der Waals surface area (Å²) in [6.07, 6.45) is 5.33. The highest BCUT2D eigenvalue weighted by molar-refractivity contribution is 6.08. The first kappa shape index (κ1) is 21.6. The summed E-state index contributed by atoms with van der Waals surface area (Å²) in [6.45, 7) is 0. The Labute approximate surface area is 186 Å². The van der Waals surface area contributed by atoms with Gasteiger partial charge in [-0.05, 0) is 66.9 Å². The second kappa shape index (κ2) is 9.68. The molecule has 1 N–H and O–H groups in total. The molecule has 1 aliphatic rings. The number of rotatable bonds is 7. The minimum absolute atomic E-state index is 0.0667. The summed E-state index contributed by atoms with van der Waals surface area (Å²) >= 11 is 0. The third-order valence-corrected chi connectivity index (χ3v) is 5.70. The second-order valence-corrected chi connectivity index (χ2v) is 7.79. The van der Waals surface area contributed by atoms with Crippen LogP contribution >= 0.6 is 0 Å². The first-order valence-electron chi connectivity index (χ1n) is 10.6. The van der Waals surface area contributed by atoms with Gasteiger partial charge in [0.1, 0.15) is 17.6 Å². The number of nitrogens with one attached hydrogen (secondary N) is 1. The summed E-state index contributed by atoms with van der Waals surface area (Å²) in [6, 6.07) is 14.7. The summed E-state index contributed by atoms with van der Waals surface area (Å²) in [4.78, 5) is 28.4. The Morgan fingerprint density at radius 1 is 1.06 bits per heavy atom. The first-order chi connectivity index (χ1) is 15.6. The number of carbonyl (C=O) groups excluding carboxylic acids is 2. The van der Waals surface area contributed by atoms with E-state index in [1.165, 1.54) is 35.4 Å². The minimum atomic E-state index is -0.982. The molecule has 0 radical (unpaired) electrons. The van der Waals surface area contributed by atoms with E-state index in [0.29, 0.717) is 17.0 Å². The van der Waals surface area contributed by atoms with Gasteiger partial charge in [-0.15, -0.1) is 0 Å². The number of ether oxygens (including phenoxy) is 1. The zero-order chi connectivity index (χ0) is 22.5. The van der Waals surface area contributed by atoms with Gasteiger partial charge in [0.05, 0.1) is 13.4 Å². The standard InChI is InChI=1S/C25H25FN2O4/c1-31-21-14-8-17(9-15-21)23(24(29)27-19-5-2-3-6-19)28(20-12-10-18(26)11-13-20)25(30)22-7-4-16-32-22/h4,7-16,19,23H,2-3,5-6H2,1H3,(H,27,29)/t23-/m1/s1. The Morgan fingerprint density at radius 3 is 2.34 bits per heavy atom. The van der Waals surface area contributed by atoms with Crippen LogP contribution in [0.15, 0.2) is 71.3 Å². The predicted molar refractivity (Wildman–Crippen MR) is 118 cm³/mol. The van der Waals surface area contributed by atoms with E-state index >= 15 is 0 Å². The summed E-state index contributed by atoms with van der Waals surface area (Å²) in [5.74, 6) is -0.512. The lowest BCUT2D eigenvalue weighted by molar-refractivity contribution is -0.123. The van der Waals surface area contributed by atoms with E-state index in [1.54, 1.807) is 43.5 Å². The van der Waals surface area contributed by atoms with Gasteiger partial charge in [0.2, 0.25) is 5.91 Å².